The van der Waals surface area contributed by atoms with E-state index >= 15 is 0 Å². The van der Waals surface area contributed by atoms with Gasteiger partial charge in [0.1, 0.15) is 0 Å². The Morgan fingerprint density at radius 2 is 2.32 bits per heavy atom. The van der Waals surface area contributed by atoms with E-state index in [2.05, 4.69) is 14.7 Å². The van der Waals surface area contributed by atoms with Crippen LogP contribution in [0.15, 0.2) is 12.4 Å². The smallest absolute Gasteiger partial charge is 0.208 e. The van der Waals surface area contributed by atoms with Gasteiger partial charge in [-0.25, -0.2) is 13.1 Å². The second-order valence-electron chi connectivity index (χ2n) is 5.24. The van der Waals surface area contributed by atoms with Crippen LogP contribution in [0.1, 0.15) is 24.8 Å². The predicted molar refractivity (Wildman–Crippen MR) is 74.1 cm³/mol. The molecule has 0 saturated carbocycles. The summed E-state index contributed by atoms with van der Waals surface area (Å²) in [6.45, 7) is 2.50. The molecule has 1 atom stereocenters. The van der Waals surface area contributed by atoms with Crippen molar-refractivity contribution in [3.8, 4) is 0 Å². The Kier molecular flexibility index (Phi) is 4.59. The fourth-order valence-corrected chi connectivity index (χ4v) is 3.12. The summed E-state index contributed by atoms with van der Waals surface area (Å²) in [5, 5.41) is 4.18. The summed E-state index contributed by atoms with van der Waals surface area (Å²) in [5.41, 5.74) is 1.21. The third-order valence-electron chi connectivity index (χ3n) is 3.48. The van der Waals surface area contributed by atoms with Gasteiger partial charge in [-0.1, -0.05) is 0 Å². The standard InChI is InChI=1S/C12H22N4O2S/c1-15-9-11(8-13-15)10-16-7-3-4-12(16)5-6-14-19(2,17)18/h8-9,12,14H,3-7,10H2,1-2H3/t12-/m1/s1. The van der Waals surface area contributed by atoms with Crippen LogP contribution >= 0.6 is 0 Å². The average Bonchev–Trinajstić information content (AvgIpc) is 2.88. The Hall–Kier alpha value is -0.920. The summed E-state index contributed by atoms with van der Waals surface area (Å²) in [7, 11) is -1.15. The molecule has 108 valence electrons. The van der Waals surface area contributed by atoms with E-state index in [0.29, 0.717) is 12.6 Å². The van der Waals surface area contributed by atoms with Gasteiger partial charge in [0.25, 0.3) is 0 Å². The van der Waals surface area contributed by atoms with Gasteiger partial charge in [-0.15, -0.1) is 0 Å². The first-order chi connectivity index (χ1) is 8.94. The zero-order chi connectivity index (χ0) is 13.9. The fourth-order valence-electron chi connectivity index (χ4n) is 2.63. The second kappa shape index (κ2) is 6.02. The molecular weight excluding hydrogens is 264 g/mol. The highest BCUT2D eigenvalue weighted by Crippen LogP contribution is 2.22. The van der Waals surface area contributed by atoms with Crippen LogP contribution in [0.5, 0.6) is 0 Å². The topological polar surface area (TPSA) is 67.2 Å². The summed E-state index contributed by atoms with van der Waals surface area (Å²) in [4.78, 5) is 2.42. The van der Waals surface area contributed by atoms with Gasteiger partial charge in [0.05, 0.1) is 12.5 Å². The lowest BCUT2D eigenvalue weighted by atomic mass is 10.1. The van der Waals surface area contributed by atoms with Gasteiger partial charge >= 0.3 is 0 Å². The molecule has 1 aliphatic heterocycles. The van der Waals surface area contributed by atoms with E-state index in [1.54, 1.807) is 0 Å². The largest absolute Gasteiger partial charge is 0.296 e. The van der Waals surface area contributed by atoms with Crippen LogP contribution in [0.4, 0.5) is 0 Å². The Bertz CT molecular complexity index is 512. The molecule has 19 heavy (non-hydrogen) atoms. The minimum Gasteiger partial charge on any atom is -0.296 e. The first-order valence-electron chi connectivity index (χ1n) is 6.60. The maximum Gasteiger partial charge on any atom is 0.208 e. The molecule has 1 saturated heterocycles. The average molecular weight is 286 g/mol. The van der Waals surface area contributed by atoms with Gasteiger partial charge in [0, 0.05) is 37.9 Å². The highest BCUT2D eigenvalue weighted by atomic mass is 32.2. The van der Waals surface area contributed by atoms with Crippen LogP contribution in [-0.4, -0.2) is 48.5 Å². The van der Waals surface area contributed by atoms with Crippen LogP contribution in [0.25, 0.3) is 0 Å². The van der Waals surface area contributed by atoms with Crippen LogP contribution < -0.4 is 4.72 Å². The monoisotopic (exact) mass is 286 g/mol. The molecule has 6 nitrogen and oxygen atoms in total. The van der Waals surface area contributed by atoms with Crippen molar-refractivity contribution in [1.82, 2.24) is 19.4 Å². The lowest BCUT2D eigenvalue weighted by Crippen LogP contribution is -2.33. The molecule has 0 unspecified atom stereocenters. The molecule has 0 aromatic carbocycles. The molecule has 7 heteroatoms. The number of nitrogens with one attached hydrogen (secondary N) is 1. The number of hydrogen-bond donors (Lipinski definition) is 1. The lowest BCUT2D eigenvalue weighted by molar-refractivity contribution is 0.235. The lowest BCUT2D eigenvalue weighted by Gasteiger charge is -2.23. The van der Waals surface area contributed by atoms with E-state index in [1.807, 2.05) is 24.1 Å². The molecule has 1 aliphatic rings. The Morgan fingerprint density at radius 1 is 1.53 bits per heavy atom. The van der Waals surface area contributed by atoms with Gasteiger partial charge in [-0.3, -0.25) is 9.58 Å². The number of likely N-dealkylation sites (tertiary alicyclic amines) is 1. The Labute approximate surface area is 114 Å². The van der Waals surface area contributed by atoms with Gasteiger partial charge in [-0.2, -0.15) is 5.10 Å². The molecule has 1 fully saturated rings. The SMILES string of the molecule is Cn1cc(CN2CCC[C@@H]2CCNS(C)(=O)=O)cn1. The van der Waals surface area contributed by atoms with E-state index in [9.17, 15) is 8.42 Å². The van der Waals surface area contributed by atoms with Crippen LogP contribution in [0.2, 0.25) is 0 Å². The molecule has 2 heterocycles. The molecule has 1 aromatic rings. The first-order valence-corrected chi connectivity index (χ1v) is 8.49. The van der Waals surface area contributed by atoms with Crippen molar-refractivity contribution in [1.29, 1.82) is 0 Å². The molecule has 0 amide bonds. The Morgan fingerprint density at radius 3 is 2.95 bits per heavy atom. The quantitative estimate of drug-likeness (QED) is 0.818. The maximum atomic E-state index is 11.0. The summed E-state index contributed by atoms with van der Waals surface area (Å²) in [6, 6.07) is 0.467. The van der Waals surface area contributed by atoms with Crippen molar-refractivity contribution in [2.75, 3.05) is 19.3 Å². The van der Waals surface area contributed by atoms with Gasteiger partial charge in [-0.05, 0) is 25.8 Å². The van der Waals surface area contributed by atoms with Crippen molar-refractivity contribution < 1.29 is 8.42 Å². The minimum absolute atomic E-state index is 0.467. The molecule has 1 N–H and O–H groups in total. The van der Waals surface area contributed by atoms with E-state index in [1.165, 1.54) is 18.2 Å². The van der Waals surface area contributed by atoms with Crippen LogP contribution in [0, 0.1) is 0 Å². The minimum atomic E-state index is -3.07. The number of nitrogens with zero attached hydrogens (tertiary/aromatic N) is 3. The molecular formula is C12H22N4O2S. The molecule has 2 rings (SSSR count). The normalized spacial score (nSPS) is 21.1. The molecule has 0 aliphatic carbocycles. The predicted octanol–water partition coefficient (Wildman–Crippen LogP) is 0.324. The fraction of sp³-hybridized carbons (Fsp3) is 0.750. The summed E-state index contributed by atoms with van der Waals surface area (Å²) >= 11 is 0. The summed E-state index contributed by atoms with van der Waals surface area (Å²) < 4.78 is 26.5. The third-order valence-corrected chi connectivity index (χ3v) is 4.21. The third kappa shape index (κ3) is 4.59. The van der Waals surface area contributed by atoms with Crippen molar-refractivity contribution in [3.05, 3.63) is 18.0 Å². The highest BCUT2D eigenvalue weighted by molar-refractivity contribution is 7.88. The number of aryl methyl sites for hydroxylation is 1. The maximum absolute atomic E-state index is 11.0. The van der Waals surface area contributed by atoms with Crippen molar-refractivity contribution in [3.63, 3.8) is 0 Å². The number of hydrogen-bond acceptors (Lipinski definition) is 4. The van der Waals surface area contributed by atoms with E-state index in [-0.39, 0.29) is 0 Å². The first kappa shape index (κ1) is 14.5. The van der Waals surface area contributed by atoms with Crippen molar-refractivity contribution >= 4 is 10.0 Å². The second-order valence-corrected chi connectivity index (χ2v) is 7.08. The zero-order valence-electron chi connectivity index (χ0n) is 11.5. The molecule has 0 spiro atoms. The van der Waals surface area contributed by atoms with E-state index in [4.69, 9.17) is 0 Å². The number of rotatable bonds is 6. The molecule has 0 bridgehead atoms. The van der Waals surface area contributed by atoms with Crippen molar-refractivity contribution in [2.24, 2.45) is 7.05 Å². The van der Waals surface area contributed by atoms with Gasteiger partial charge in [0.15, 0.2) is 0 Å². The van der Waals surface area contributed by atoms with Crippen LogP contribution in [0.3, 0.4) is 0 Å². The van der Waals surface area contributed by atoms with Gasteiger partial charge < -0.3 is 0 Å². The zero-order valence-corrected chi connectivity index (χ0v) is 12.4. The van der Waals surface area contributed by atoms with E-state index in [0.717, 1.165) is 25.9 Å². The summed E-state index contributed by atoms with van der Waals surface area (Å²) in [6.07, 6.45) is 8.33. The highest BCUT2D eigenvalue weighted by Gasteiger charge is 2.24. The van der Waals surface area contributed by atoms with E-state index < -0.39 is 10.0 Å². The summed E-state index contributed by atoms with van der Waals surface area (Å²) in [5.74, 6) is 0. The molecule has 0 radical (unpaired) electrons. The van der Waals surface area contributed by atoms with Crippen LogP contribution in [-0.2, 0) is 23.6 Å². The number of sulfonamides is 1. The van der Waals surface area contributed by atoms with Gasteiger partial charge in [0.2, 0.25) is 10.0 Å². The molecule has 1 aromatic heterocycles. The Balaban J connectivity index is 1.83. The van der Waals surface area contributed by atoms with Crippen molar-refractivity contribution in [2.45, 2.75) is 31.8 Å². The number of aromatic nitrogens is 2.